The summed E-state index contributed by atoms with van der Waals surface area (Å²) in [7, 11) is 0. The summed E-state index contributed by atoms with van der Waals surface area (Å²) < 4.78 is 0. The Morgan fingerprint density at radius 1 is 1.26 bits per heavy atom. The molecule has 2 aliphatic rings. The van der Waals surface area contributed by atoms with Gasteiger partial charge in [-0.05, 0) is 45.1 Å². The Hall–Kier alpha value is -0.870. The van der Waals surface area contributed by atoms with Crippen LogP contribution < -0.4 is 10.6 Å². The van der Waals surface area contributed by atoms with Gasteiger partial charge in [0.1, 0.15) is 0 Å². The highest BCUT2D eigenvalue weighted by molar-refractivity contribution is 5.09. The minimum Gasteiger partial charge on any atom is -0.314 e. The van der Waals surface area contributed by atoms with Crippen molar-refractivity contribution in [3.8, 4) is 0 Å². The quantitative estimate of drug-likeness (QED) is 0.781. The van der Waals surface area contributed by atoms with Crippen LogP contribution in [0.4, 0.5) is 0 Å². The van der Waals surface area contributed by atoms with Crippen molar-refractivity contribution in [2.75, 3.05) is 6.54 Å². The number of hydrogen-bond acceptors (Lipinski definition) is 3. The van der Waals surface area contributed by atoms with E-state index in [-0.39, 0.29) is 0 Å². The fourth-order valence-electron chi connectivity index (χ4n) is 3.84. The van der Waals surface area contributed by atoms with Gasteiger partial charge in [-0.25, -0.2) is 0 Å². The molecule has 4 heteroatoms. The molecule has 4 atom stereocenters. The lowest BCUT2D eigenvalue weighted by Crippen LogP contribution is -2.47. The van der Waals surface area contributed by atoms with Crippen molar-refractivity contribution in [1.29, 1.82) is 0 Å². The highest BCUT2D eigenvalue weighted by Gasteiger charge is 2.33. The van der Waals surface area contributed by atoms with E-state index >= 15 is 0 Å². The molecule has 0 spiro atoms. The molecule has 3 N–H and O–H groups in total. The van der Waals surface area contributed by atoms with Crippen LogP contribution in [0.2, 0.25) is 0 Å². The highest BCUT2D eigenvalue weighted by Crippen LogP contribution is 2.31. The van der Waals surface area contributed by atoms with E-state index in [9.17, 15) is 0 Å². The maximum atomic E-state index is 4.06. The minimum atomic E-state index is 0.394. The number of aromatic amines is 1. The summed E-state index contributed by atoms with van der Waals surface area (Å²) in [5.41, 5.74) is 1.27. The molecule has 1 aliphatic heterocycles. The summed E-state index contributed by atoms with van der Waals surface area (Å²) in [6.45, 7) is 3.46. The zero-order valence-electron chi connectivity index (χ0n) is 11.9. The van der Waals surface area contributed by atoms with Gasteiger partial charge in [0.2, 0.25) is 0 Å². The van der Waals surface area contributed by atoms with Crippen molar-refractivity contribution < 1.29 is 0 Å². The van der Waals surface area contributed by atoms with Gasteiger partial charge in [0.25, 0.3) is 0 Å². The second-order valence-corrected chi connectivity index (χ2v) is 6.18. The maximum absolute atomic E-state index is 4.06. The van der Waals surface area contributed by atoms with Crippen molar-refractivity contribution >= 4 is 0 Å². The molecular formula is C15H26N4. The monoisotopic (exact) mass is 262 g/mol. The van der Waals surface area contributed by atoms with Gasteiger partial charge in [0.05, 0.1) is 6.20 Å². The van der Waals surface area contributed by atoms with Crippen LogP contribution in [-0.4, -0.2) is 28.8 Å². The van der Waals surface area contributed by atoms with Crippen LogP contribution in [-0.2, 0) is 0 Å². The molecule has 0 bridgehead atoms. The van der Waals surface area contributed by atoms with Gasteiger partial charge < -0.3 is 10.6 Å². The van der Waals surface area contributed by atoms with Crippen molar-refractivity contribution in [3.63, 3.8) is 0 Å². The topological polar surface area (TPSA) is 52.7 Å². The molecule has 19 heavy (non-hydrogen) atoms. The standard InChI is InChI=1S/C15H26N4/c1-11(12-9-17-18-10-12)19-15-6-3-2-5-13(15)14-7-4-8-16-14/h9-11,13-16,19H,2-8H2,1H3,(H,17,18). The molecule has 2 heterocycles. The third-order valence-electron chi connectivity index (χ3n) is 4.92. The lowest BCUT2D eigenvalue weighted by Gasteiger charge is -2.37. The molecule has 1 aromatic heterocycles. The summed E-state index contributed by atoms with van der Waals surface area (Å²) in [4.78, 5) is 0. The van der Waals surface area contributed by atoms with Crippen LogP contribution in [0.5, 0.6) is 0 Å². The lowest BCUT2D eigenvalue weighted by molar-refractivity contribution is 0.203. The van der Waals surface area contributed by atoms with Crippen molar-refractivity contribution in [2.24, 2.45) is 5.92 Å². The Bertz CT molecular complexity index is 370. The van der Waals surface area contributed by atoms with Crippen molar-refractivity contribution in [2.45, 2.75) is 63.6 Å². The first kappa shape index (κ1) is 13.1. The fraction of sp³-hybridized carbons (Fsp3) is 0.800. The molecule has 1 aromatic rings. The molecule has 3 rings (SSSR count). The normalized spacial score (nSPS) is 33.4. The van der Waals surface area contributed by atoms with Gasteiger partial charge in [0, 0.05) is 29.9 Å². The molecule has 0 amide bonds. The first-order valence-corrected chi connectivity index (χ1v) is 7.82. The van der Waals surface area contributed by atoms with E-state index < -0.39 is 0 Å². The van der Waals surface area contributed by atoms with Gasteiger partial charge in [-0.2, -0.15) is 5.10 Å². The van der Waals surface area contributed by atoms with Gasteiger partial charge in [-0.15, -0.1) is 0 Å². The number of aromatic nitrogens is 2. The molecule has 0 radical (unpaired) electrons. The van der Waals surface area contributed by atoms with E-state index in [4.69, 9.17) is 0 Å². The largest absolute Gasteiger partial charge is 0.314 e. The Balaban J connectivity index is 1.63. The highest BCUT2D eigenvalue weighted by atomic mass is 15.1. The molecule has 0 aromatic carbocycles. The molecule has 4 unspecified atom stereocenters. The number of nitrogens with one attached hydrogen (secondary N) is 3. The molecule has 1 saturated heterocycles. The number of H-pyrrole nitrogens is 1. The van der Waals surface area contributed by atoms with E-state index in [0.29, 0.717) is 12.1 Å². The summed E-state index contributed by atoms with van der Waals surface area (Å²) >= 11 is 0. The predicted octanol–water partition coefficient (Wildman–Crippen LogP) is 2.37. The van der Waals surface area contributed by atoms with Crippen molar-refractivity contribution in [3.05, 3.63) is 18.0 Å². The Labute approximate surface area is 115 Å². The van der Waals surface area contributed by atoms with Crippen LogP contribution in [0.25, 0.3) is 0 Å². The zero-order valence-corrected chi connectivity index (χ0v) is 11.9. The first-order chi connectivity index (χ1) is 9.34. The van der Waals surface area contributed by atoms with Gasteiger partial charge in [-0.3, -0.25) is 5.10 Å². The summed E-state index contributed by atoms with van der Waals surface area (Å²) in [6, 6.07) is 1.80. The van der Waals surface area contributed by atoms with Gasteiger partial charge in [0.15, 0.2) is 0 Å². The van der Waals surface area contributed by atoms with E-state index in [1.807, 2.05) is 12.4 Å². The molecule has 4 nitrogen and oxygen atoms in total. The van der Waals surface area contributed by atoms with Crippen molar-refractivity contribution in [1.82, 2.24) is 20.8 Å². The summed E-state index contributed by atoms with van der Waals surface area (Å²) in [5.74, 6) is 0.811. The van der Waals surface area contributed by atoms with E-state index in [2.05, 4.69) is 27.8 Å². The summed E-state index contributed by atoms with van der Waals surface area (Å²) in [5, 5.41) is 14.5. The molecule has 2 fully saturated rings. The Morgan fingerprint density at radius 2 is 2.16 bits per heavy atom. The van der Waals surface area contributed by atoms with Gasteiger partial charge in [-0.1, -0.05) is 12.8 Å². The minimum absolute atomic E-state index is 0.394. The first-order valence-electron chi connectivity index (χ1n) is 7.82. The number of hydrogen-bond donors (Lipinski definition) is 3. The smallest absolute Gasteiger partial charge is 0.0534 e. The molecule has 1 saturated carbocycles. The lowest BCUT2D eigenvalue weighted by atomic mass is 9.79. The van der Waals surface area contributed by atoms with Crippen LogP contribution in [0.1, 0.15) is 57.1 Å². The average Bonchev–Trinajstić information content (AvgIpc) is 3.13. The Morgan fingerprint density at radius 3 is 2.89 bits per heavy atom. The van der Waals surface area contributed by atoms with E-state index in [1.54, 1.807) is 0 Å². The van der Waals surface area contributed by atoms with E-state index in [0.717, 1.165) is 12.0 Å². The Kier molecular flexibility index (Phi) is 4.18. The van der Waals surface area contributed by atoms with Crippen LogP contribution in [0.3, 0.4) is 0 Å². The van der Waals surface area contributed by atoms with E-state index in [1.165, 1.54) is 50.6 Å². The third-order valence-corrected chi connectivity index (χ3v) is 4.92. The van der Waals surface area contributed by atoms with Crippen LogP contribution >= 0.6 is 0 Å². The SMILES string of the molecule is CC(NC1CCCCC1C1CCCN1)c1cn[nH]c1. The third kappa shape index (κ3) is 3.00. The fourth-order valence-corrected chi connectivity index (χ4v) is 3.84. The molecule has 106 valence electrons. The zero-order chi connectivity index (χ0) is 13.1. The molecule has 1 aliphatic carbocycles. The maximum Gasteiger partial charge on any atom is 0.0534 e. The predicted molar refractivity (Wildman–Crippen MR) is 76.9 cm³/mol. The molecular weight excluding hydrogens is 236 g/mol. The van der Waals surface area contributed by atoms with Gasteiger partial charge >= 0.3 is 0 Å². The second-order valence-electron chi connectivity index (χ2n) is 6.18. The second kappa shape index (κ2) is 6.06. The summed E-state index contributed by atoms with van der Waals surface area (Å²) in [6.07, 6.45) is 12.1. The number of nitrogens with zero attached hydrogens (tertiary/aromatic N) is 1. The van der Waals surface area contributed by atoms with Crippen LogP contribution in [0.15, 0.2) is 12.4 Å². The number of rotatable bonds is 4. The average molecular weight is 262 g/mol. The van der Waals surface area contributed by atoms with Crippen LogP contribution in [0, 0.1) is 5.92 Å².